The molecule has 0 aromatic heterocycles. The number of aliphatic hydroxyl groups is 1. The minimum absolute atomic E-state index is 0.284. The zero-order chi connectivity index (χ0) is 14.7. The second kappa shape index (κ2) is 6.70. The second-order valence-electron chi connectivity index (χ2n) is 4.33. The van der Waals surface area contributed by atoms with Gasteiger partial charge in [0, 0.05) is 12.0 Å². The Hall–Kier alpha value is -0.910. The van der Waals surface area contributed by atoms with Crippen LogP contribution < -0.4 is 4.74 Å². The van der Waals surface area contributed by atoms with Gasteiger partial charge in [-0.05, 0) is 55.6 Å². The molecule has 2 aromatic rings. The fraction of sp³-hybridized carbons (Fsp3) is 0.200. The highest BCUT2D eigenvalue weighted by Gasteiger charge is 2.15. The Morgan fingerprint density at radius 1 is 1.20 bits per heavy atom. The minimum Gasteiger partial charge on any atom is -0.496 e. The summed E-state index contributed by atoms with van der Waals surface area (Å²) in [4.78, 5) is 0. The van der Waals surface area contributed by atoms with Gasteiger partial charge in [-0.1, -0.05) is 18.2 Å². The van der Waals surface area contributed by atoms with Crippen LogP contribution in [0.1, 0.15) is 17.2 Å². The van der Waals surface area contributed by atoms with Crippen LogP contribution in [0.5, 0.6) is 5.75 Å². The van der Waals surface area contributed by atoms with Crippen molar-refractivity contribution in [3.05, 3.63) is 62.3 Å². The molecule has 106 valence electrons. The minimum atomic E-state index is -0.896. The first-order valence-corrected chi connectivity index (χ1v) is 7.56. The van der Waals surface area contributed by atoms with E-state index in [0.717, 1.165) is 15.8 Å². The molecule has 2 nitrogen and oxygen atoms in total. The summed E-state index contributed by atoms with van der Waals surface area (Å²) in [6, 6.07) is 10.4. The molecule has 0 fully saturated rings. The smallest absolute Gasteiger partial charge is 0.143 e. The van der Waals surface area contributed by atoms with Gasteiger partial charge in [0.15, 0.2) is 0 Å². The Morgan fingerprint density at radius 2 is 1.95 bits per heavy atom. The topological polar surface area (TPSA) is 29.5 Å². The van der Waals surface area contributed by atoms with Crippen molar-refractivity contribution in [2.75, 3.05) is 7.11 Å². The lowest BCUT2D eigenvalue weighted by atomic mass is 10.0. The third kappa shape index (κ3) is 3.40. The van der Waals surface area contributed by atoms with Crippen molar-refractivity contribution in [3.63, 3.8) is 0 Å². The van der Waals surface area contributed by atoms with Gasteiger partial charge in [-0.15, -0.1) is 0 Å². The van der Waals surface area contributed by atoms with E-state index in [2.05, 4.69) is 31.9 Å². The van der Waals surface area contributed by atoms with E-state index in [0.29, 0.717) is 10.9 Å². The van der Waals surface area contributed by atoms with Crippen molar-refractivity contribution >= 4 is 31.9 Å². The number of aliphatic hydroxyl groups excluding tert-OH is 1. The highest BCUT2D eigenvalue weighted by Crippen LogP contribution is 2.29. The fourth-order valence-electron chi connectivity index (χ4n) is 1.95. The van der Waals surface area contributed by atoms with Crippen LogP contribution in [-0.2, 0) is 6.42 Å². The summed E-state index contributed by atoms with van der Waals surface area (Å²) in [5.41, 5.74) is 1.18. The van der Waals surface area contributed by atoms with Crippen molar-refractivity contribution in [3.8, 4) is 5.75 Å². The molecule has 20 heavy (non-hydrogen) atoms. The predicted molar refractivity (Wildman–Crippen MR) is 83.5 cm³/mol. The van der Waals surface area contributed by atoms with Gasteiger partial charge >= 0.3 is 0 Å². The van der Waals surface area contributed by atoms with Crippen molar-refractivity contribution in [2.45, 2.75) is 12.5 Å². The number of methoxy groups -OCH3 is 1. The molecule has 1 unspecified atom stereocenters. The summed E-state index contributed by atoms with van der Waals surface area (Å²) < 4.78 is 20.2. The van der Waals surface area contributed by atoms with Crippen LogP contribution in [0.15, 0.2) is 45.3 Å². The molecular formula is C15H13Br2FO2. The molecule has 0 aliphatic heterocycles. The molecule has 0 aliphatic rings. The Kier molecular flexibility index (Phi) is 5.18. The summed E-state index contributed by atoms with van der Waals surface area (Å²) >= 11 is 6.51. The molecular weight excluding hydrogens is 391 g/mol. The first-order chi connectivity index (χ1) is 9.52. The van der Waals surface area contributed by atoms with Crippen molar-refractivity contribution in [2.24, 2.45) is 0 Å². The van der Waals surface area contributed by atoms with Crippen molar-refractivity contribution in [1.82, 2.24) is 0 Å². The molecule has 0 spiro atoms. The first kappa shape index (κ1) is 15.5. The maximum Gasteiger partial charge on any atom is 0.143 e. The summed E-state index contributed by atoms with van der Waals surface area (Å²) in [7, 11) is 1.59. The number of benzene rings is 2. The number of hydrogen-bond donors (Lipinski definition) is 1. The number of halogens is 3. The molecule has 1 N–H and O–H groups in total. The number of hydrogen-bond acceptors (Lipinski definition) is 2. The van der Waals surface area contributed by atoms with E-state index < -0.39 is 11.9 Å². The van der Waals surface area contributed by atoms with Crippen LogP contribution >= 0.6 is 31.9 Å². The van der Waals surface area contributed by atoms with Crippen LogP contribution in [0.2, 0.25) is 0 Å². The maximum atomic E-state index is 13.9. The molecule has 0 heterocycles. The number of ether oxygens (including phenoxy) is 1. The molecule has 5 heteroatoms. The van der Waals surface area contributed by atoms with Crippen LogP contribution in [0.25, 0.3) is 0 Å². The average molecular weight is 404 g/mol. The Balaban J connectivity index is 2.21. The van der Waals surface area contributed by atoms with Gasteiger partial charge in [0.2, 0.25) is 0 Å². The van der Waals surface area contributed by atoms with Gasteiger partial charge in [0.1, 0.15) is 11.6 Å². The van der Waals surface area contributed by atoms with Gasteiger partial charge in [-0.2, -0.15) is 0 Å². The molecule has 0 radical (unpaired) electrons. The first-order valence-electron chi connectivity index (χ1n) is 5.97. The Morgan fingerprint density at radius 3 is 2.60 bits per heavy atom. The van der Waals surface area contributed by atoms with Gasteiger partial charge in [-0.3, -0.25) is 0 Å². The Labute approximate surface area is 133 Å². The van der Waals surface area contributed by atoms with E-state index in [1.807, 2.05) is 18.2 Å². The molecule has 0 saturated heterocycles. The zero-order valence-corrected chi connectivity index (χ0v) is 13.9. The van der Waals surface area contributed by atoms with Crippen LogP contribution in [0.3, 0.4) is 0 Å². The van der Waals surface area contributed by atoms with E-state index in [9.17, 15) is 9.50 Å². The van der Waals surface area contributed by atoms with Gasteiger partial charge in [-0.25, -0.2) is 4.39 Å². The lowest BCUT2D eigenvalue weighted by Gasteiger charge is -2.13. The third-order valence-electron chi connectivity index (χ3n) is 2.99. The number of rotatable bonds is 4. The highest BCUT2D eigenvalue weighted by molar-refractivity contribution is 9.10. The summed E-state index contributed by atoms with van der Waals surface area (Å²) in [6.45, 7) is 0. The van der Waals surface area contributed by atoms with Gasteiger partial charge in [0.25, 0.3) is 0 Å². The van der Waals surface area contributed by atoms with Crippen LogP contribution in [0.4, 0.5) is 4.39 Å². The molecule has 0 saturated carbocycles. The van der Waals surface area contributed by atoms with Crippen LogP contribution in [-0.4, -0.2) is 12.2 Å². The van der Waals surface area contributed by atoms with Crippen molar-refractivity contribution in [1.29, 1.82) is 0 Å². The predicted octanol–water partition coefficient (Wildman–Crippen LogP) is 4.64. The van der Waals surface area contributed by atoms with Gasteiger partial charge in [0.05, 0.1) is 22.2 Å². The molecule has 2 rings (SSSR count). The van der Waals surface area contributed by atoms with E-state index in [-0.39, 0.29) is 5.56 Å². The van der Waals surface area contributed by atoms with Crippen LogP contribution in [0, 0.1) is 5.82 Å². The van der Waals surface area contributed by atoms with Gasteiger partial charge < -0.3 is 9.84 Å². The summed E-state index contributed by atoms with van der Waals surface area (Å²) in [5.74, 6) is 0.296. The standard InChI is InChI=1S/C15H13Br2FO2/c1-20-14-6-5-9(7-12(14)17)8-13(19)10-3-2-4-11(16)15(10)18/h2-7,13,19H,8H2,1H3. The average Bonchev–Trinajstić information content (AvgIpc) is 2.42. The SMILES string of the molecule is COc1ccc(CC(O)c2cccc(Br)c2F)cc1Br. The summed E-state index contributed by atoms with van der Waals surface area (Å²) in [5, 5.41) is 10.2. The third-order valence-corrected chi connectivity index (χ3v) is 4.22. The zero-order valence-electron chi connectivity index (χ0n) is 10.7. The lowest BCUT2D eigenvalue weighted by Crippen LogP contribution is -2.05. The molecule has 2 aromatic carbocycles. The molecule has 0 aliphatic carbocycles. The van der Waals surface area contributed by atoms with E-state index in [4.69, 9.17) is 4.74 Å². The molecule has 1 atom stereocenters. The van der Waals surface area contributed by atoms with E-state index >= 15 is 0 Å². The maximum absolute atomic E-state index is 13.9. The lowest BCUT2D eigenvalue weighted by molar-refractivity contribution is 0.173. The fourth-order valence-corrected chi connectivity index (χ4v) is 2.92. The normalized spacial score (nSPS) is 12.2. The Bertz CT molecular complexity index is 617. The van der Waals surface area contributed by atoms with Crippen molar-refractivity contribution < 1.29 is 14.2 Å². The van der Waals surface area contributed by atoms with E-state index in [1.165, 1.54) is 0 Å². The van der Waals surface area contributed by atoms with E-state index in [1.54, 1.807) is 25.3 Å². The molecule has 0 bridgehead atoms. The second-order valence-corrected chi connectivity index (χ2v) is 6.04. The quantitative estimate of drug-likeness (QED) is 0.805. The molecule has 0 amide bonds. The summed E-state index contributed by atoms with van der Waals surface area (Å²) in [6.07, 6.45) is -0.566. The monoisotopic (exact) mass is 402 g/mol. The largest absolute Gasteiger partial charge is 0.496 e. The highest BCUT2D eigenvalue weighted by atomic mass is 79.9.